The van der Waals surface area contributed by atoms with Gasteiger partial charge >= 0.3 is 18.2 Å². The number of piperazine rings is 2. The third-order valence-corrected chi connectivity index (χ3v) is 15.2. The van der Waals surface area contributed by atoms with E-state index in [0.717, 1.165) is 39.2 Å². The maximum Gasteiger partial charge on any atom is 0.418 e. The van der Waals surface area contributed by atoms with E-state index < -0.39 is 44.0 Å². The van der Waals surface area contributed by atoms with Crippen LogP contribution in [0.25, 0.3) is 0 Å². The van der Waals surface area contributed by atoms with Crippen LogP contribution in [-0.2, 0) is 39.3 Å². The number of alkyl halides is 4. The van der Waals surface area contributed by atoms with Gasteiger partial charge in [0.1, 0.15) is 6.17 Å². The number of nitrogens with one attached hydrogen (secondary N) is 2. The summed E-state index contributed by atoms with van der Waals surface area (Å²) in [4.78, 5) is 35.5. The highest BCUT2D eigenvalue weighted by Crippen LogP contribution is 2.42. The Kier molecular flexibility index (Phi) is 14.4. The molecule has 1 aliphatic carbocycles. The minimum atomic E-state index is -4.54. The van der Waals surface area contributed by atoms with Gasteiger partial charge in [-0.25, -0.2) is 30.8 Å². The van der Waals surface area contributed by atoms with Crippen molar-refractivity contribution in [2.75, 3.05) is 91.8 Å². The van der Waals surface area contributed by atoms with Gasteiger partial charge in [-0.3, -0.25) is 19.2 Å². The van der Waals surface area contributed by atoms with Crippen molar-refractivity contribution in [1.29, 1.82) is 0 Å². The van der Waals surface area contributed by atoms with Crippen LogP contribution in [0.3, 0.4) is 0 Å². The predicted molar refractivity (Wildman–Crippen MR) is 245 cm³/mol. The molecule has 0 spiro atoms. The van der Waals surface area contributed by atoms with Crippen LogP contribution in [0.2, 0.25) is 5.02 Å². The Labute approximate surface area is 392 Å². The molecule has 24 heteroatoms. The van der Waals surface area contributed by atoms with Crippen LogP contribution in [-0.4, -0.2) is 152 Å². The molecule has 2 aromatic heterocycles. The molecular weight excluding hydrogens is 942 g/mol. The second kappa shape index (κ2) is 19.9. The number of nitrogens with zero attached hydrogens (tertiary/aromatic N) is 9. The summed E-state index contributed by atoms with van der Waals surface area (Å²) in [6.45, 7) is 5.16. The van der Waals surface area contributed by atoms with Gasteiger partial charge < -0.3 is 14.7 Å². The molecule has 2 atom stereocenters. The molecule has 0 bridgehead atoms. The molecule has 17 nitrogen and oxygen atoms in total. The number of sulfonamides is 2. The van der Waals surface area contributed by atoms with Gasteiger partial charge in [-0.2, -0.15) is 22.5 Å². The highest BCUT2D eigenvalue weighted by molar-refractivity contribution is 7.92. The van der Waals surface area contributed by atoms with Crippen molar-refractivity contribution in [3.63, 3.8) is 0 Å². The van der Waals surface area contributed by atoms with Gasteiger partial charge in [0.05, 0.1) is 17.6 Å². The zero-order valence-electron chi connectivity index (χ0n) is 36.9. The van der Waals surface area contributed by atoms with Crippen molar-refractivity contribution in [2.24, 2.45) is 5.92 Å². The van der Waals surface area contributed by atoms with Gasteiger partial charge in [0.25, 0.3) is 0 Å². The molecule has 3 aliphatic heterocycles. The number of benzene rings is 2. The van der Waals surface area contributed by atoms with E-state index in [1.807, 2.05) is 17.0 Å². The monoisotopic (exact) mass is 995 g/mol. The largest absolute Gasteiger partial charge is 0.418 e. The van der Waals surface area contributed by atoms with E-state index in [4.69, 9.17) is 11.6 Å². The molecule has 2 aromatic carbocycles. The van der Waals surface area contributed by atoms with Crippen molar-refractivity contribution < 1.29 is 44.0 Å². The normalized spacial score (nSPS) is 20.7. The Balaban J connectivity index is 0.786. The van der Waals surface area contributed by atoms with Crippen LogP contribution in [0, 0.1) is 5.92 Å². The van der Waals surface area contributed by atoms with E-state index in [0.29, 0.717) is 88.9 Å². The van der Waals surface area contributed by atoms with Gasteiger partial charge in [-0.1, -0.05) is 29.8 Å². The van der Waals surface area contributed by atoms with Crippen molar-refractivity contribution in [3.05, 3.63) is 88.2 Å². The maximum atomic E-state index is 13.9. The number of carbonyl (C=O) groups is 2. The lowest BCUT2D eigenvalue weighted by atomic mass is 9.94. The Morgan fingerprint density at radius 1 is 0.716 bits per heavy atom. The third kappa shape index (κ3) is 12.4. The molecule has 2 amide bonds. The summed E-state index contributed by atoms with van der Waals surface area (Å²) in [5.41, 5.74) is 2.03. The van der Waals surface area contributed by atoms with Crippen molar-refractivity contribution >= 4 is 61.0 Å². The van der Waals surface area contributed by atoms with E-state index in [9.17, 15) is 44.0 Å². The maximum absolute atomic E-state index is 13.9. The first-order valence-corrected chi connectivity index (χ1v) is 26.2. The summed E-state index contributed by atoms with van der Waals surface area (Å²) in [7, 11) is -7.36. The standard InChI is InChI=1S/C43H54ClF4N11O6S2/c1-66(62,63)51-39-10-14-58(49-39)41(60)56-20-16-53(17-21-56)27-30-4-7-37(44)35(25-30)33-5-2-32(24-33)29-67(64,65)52-40-11-15-59(50-40)42(61)57-22-18-54(19-23-57)28-31-3-6-36(43(46,47)48)38(26-31)55-12-8-34(45)9-13-55/h3-4,6-7,10-11,14-15,25-26,32-34H,2,5,8-9,12-13,16-24,27-29H2,1H3,(H,49,51)(H,50,52). The summed E-state index contributed by atoms with van der Waals surface area (Å²) >= 11 is 6.71. The lowest BCUT2D eigenvalue weighted by molar-refractivity contribution is -0.137. The number of aromatic nitrogens is 4. The highest BCUT2D eigenvalue weighted by Gasteiger charge is 2.37. The molecule has 2 N–H and O–H groups in total. The molecule has 5 heterocycles. The van der Waals surface area contributed by atoms with Crippen LogP contribution >= 0.6 is 11.6 Å². The topological polar surface area (TPSA) is 178 Å². The second-order valence-corrected chi connectivity index (χ2v) is 21.8. The average Bonchev–Trinajstić information content (AvgIpc) is 4.06. The number of rotatable bonds is 12. The summed E-state index contributed by atoms with van der Waals surface area (Å²) in [6, 6.07) is 12.1. The van der Waals surface area contributed by atoms with Crippen LogP contribution in [0.4, 0.5) is 44.5 Å². The smallest absolute Gasteiger partial charge is 0.371 e. The molecule has 8 rings (SSSR count). The average molecular weight is 997 g/mol. The lowest BCUT2D eigenvalue weighted by Gasteiger charge is -2.35. The molecule has 4 aliphatic rings. The fraction of sp³-hybridized carbons (Fsp3) is 0.535. The van der Waals surface area contributed by atoms with Gasteiger partial charge in [-0.05, 0) is 78.8 Å². The zero-order chi connectivity index (χ0) is 47.7. The van der Waals surface area contributed by atoms with Crippen molar-refractivity contribution in [1.82, 2.24) is 39.2 Å². The van der Waals surface area contributed by atoms with Gasteiger partial charge in [0.15, 0.2) is 11.6 Å². The minimum Gasteiger partial charge on any atom is -0.371 e. The molecule has 4 fully saturated rings. The number of hydrogen-bond acceptors (Lipinski definition) is 11. The van der Waals surface area contributed by atoms with Gasteiger partial charge in [0.2, 0.25) is 20.0 Å². The Morgan fingerprint density at radius 2 is 1.25 bits per heavy atom. The number of amides is 2. The fourth-order valence-electron chi connectivity index (χ4n) is 9.45. The van der Waals surface area contributed by atoms with Crippen LogP contribution in [0.1, 0.15) is 60.3 Å². The van der Waals surface area contributed by atoms with Gasteiger partial charge in [0, 0.05) is 114 Å². The molecule has 0 radical (unpaired) electrons. The molecule has 364 valence electrons. The van der Waals surface area contributed by atoms with E-state index >= 15 is 0 Å². The van der Waals surface area contributed by atoms with Gasteiger partial charge in [-0.15, -0.1) is 10.2 Å². The number of halogens is 5. The highest BCUT2D eigenvalue weighted by atomic mass is 35.5. The van der Waals surface area contributed by atoms with Crippen LogP contribution < -0.4 is 14.3 Å². The quantitative estimate of drug-likeness (QED) is 0.160. The number of piperidine rings is 1. The van der Waals surface area contributed by atoms with E-state index in [1.54, 1.807) is 14.7 Å². The molecule has 3 saturated heterocycles. The number of hydrogen-bond donors (Lipinski definition) is 2. The first-order valence-electron chi connectivity index (χ1n) is 22.3. The van der Waals surface area contributed by atoms with Crippen molar-refractivity contribution in [3.8, 4) is 0 Å². The Bertz CT molecular complexity index is 2640. The Hall–Kier alpha value is -4.97. The minimum absolute atomic E-state index is 0.0220. The fourth-order valence-corrected chi connectivity index (χ4v) is 11.6. The SMILES string of the molecule is CS(=O)(=O)Nc1ccn(C(=O)N2CCN(Cc3ccc(Cl)c(C4CCC(CS(=O)(=O)Nc5ccn(C(=O)N6CCN(Cc7ccc(C(F)(F)F)c(N8CCC(F)CC8)c7)CC6)n5)C4)c3)CC2)n1. The summed E-state index contributed by atoms with van der Waals surface area (Å²) in [5, 5.41) is 8.88. The first kappa shape index (κ1) is 48.5. The van der Waals surface area contributed by atoms with Crippen LogP contribution in [0.5, 0.6) is 0 Å². The number of anilines is 3. The predicted octanol–water partition coefficient (Wildman–Crippen LogP) is 5.96. The molecule has 4 aromatic rings. The van der Waals surface area contributed by atoms with E-state index in [2.05, 4.69) is 30.6 Å². The van der Waals surface area contributed by atoms with E-state index in [1.165, 1.54) is 36.7 Å². The summed E-state index contributed by atoms with van der Waals surface area (Å²) < 4.78 is 112. The van der Waals surface area contributed by atoms with E-state index in [-0.39, 0.29) is 66.9 Å². The lowest BCUT2D eigenvalue weighted by Crippen LogP contribution is -2.49. The molecule has 1 saturated carbocycles. The Morgan fingerprint density at radius 3 is 1.81 bits per heavy atom. The molecular formula is C43H54ClF4N11O6S2. The number of carbonyl (C=O) groups excluding carboxylic acids is 2. The van der Waals surface area contributed by atoms with Crippen LogP contribution in [0.15, 0.2) is 60.9 Å². The summed E-state index contributed by atoms with van der Waals surface area (Å²) in [6.07, 6.45) is 0.708. The first-order chi connectivity index (χ1) is 31.7. The summed E-state index contributed by atoms with van der Waals surface area (Å²) in [5.74, 6) is -0.112. The molecule has 2 unspecified atom stereocenters. The van der Waals surface area contributed by atoms with Crippen molar-refractivity contribution in [2.45, 2.75) is 63.5 Å². The molecule has 67 heavy (non-hydrogen) atoms. The second-order valence-electron chi connectivity index (χ2n) is 17.9. The zero-order valence-corrected chi connectivity index (χ0v) is 39.3. The third-order valence-electron chi connectivity index (χ3n) is 12.8.